The summed E-state index contributed by atoms with van der Waals surface area (Å²) >= 11 is 7.88. The maximum Gasteiger partial charge on any atom is 0.214 e. The van der Waals surface area contributed by atoms with Gasteiger partial charge in [0.15, 0.2) is 0 Å². The highest BCUT2D eigenvalue weighted by atomic mass is 35.5. The third-order valence-electron chi connectivity index (χ3n) is 4.99. The number of para-hydroxylation sites is 1. The molecule has 0 bridgehead atoms. The zero-order valence-corrected chi connectivity index (χ0v) is 20.0. The zero-order valence-electron chi connectivity index (χ0n) is 18.4. The molecular weight excluding hydrogens is 454 g/mol. The third-order valence-corrected chi connectivity index (χ3v) is 6.23. The average molecular weight is 480 g/mol. The first kappa shape index (κ1) is 23.3. The Kier molecular flexibility index (Phi) is 8.35. The smallest absolute Gasteiger partial charge is 0.214 e. The predicted molar refractivity (Wildman–Crippen MR) is 133 cm³/mol. The number of benzene rings is 3. The number of aryl methyl sites for hydroxylation is 1. The Labute approximate surface area is 203 Å². The van der Waals surface area contributed by atoms with Crippen molar-refractivity contribution in [1.29, 1.82) is 0 Å². The Hall–Kier alpha value is -2.87. The molecule has 8 heteroatoms. The van der Waals surface area contributed by atoms with Crippen LogP contribution >= 0.6 is 23.4 Å². The van der Waals surface area contributed by atoms with Crippen LogP contribution < -0.4 is 10.1 Å². The van der Waals surface area contributed by atoms with Crippen LogP contribution in [0.25, 0.3) is 5.69 Å². The van der Waals surface area contributed by atoms with Gasteiger partial charge in [0.05, 0.1) is 5.69 Å². The van der Waals surface area contributed by atoms with Crippen molar-refractivity contribution < 1.29 is 4.74 Å². The van der Waals surface area contributed by atoms with Gasteiger partial charge < -0.3 is 10.1 Å². The van der Waals surface area contributed by atoms with Crippen LogP contribution in [0.1, 0.15) is 23.1 Å². The van der Waals surface area contributed by atoms with E-state index >= 15 is 0 Å². The molecule has 170 valence electrons. The zero-order chi connectivity index (χ0) is 22.9. The minimum atomic E-state index is 0.531. The molecule has 1 N–H and O–H groups in total. The van der Waals surface area contributed by atoms with Crippen molar-refractivity contribution in [1.82, 2.24) is 25.5 Å². The van der Waals surface area contributed by atoms with E-state index in [0.717, 1.165) is 46.4 Å². The van der Waals surface area contributed by atoms with E-state index in [0.29, 0.717) is 18.2 Å². The van der Waals surface area contributed by atoms with E-state index in [9.17, 15) is 0 Å². The number of ether oxygens (including phenoxy) is 1. The largest absolute Gasteiger partial charge is 0.489 e. The van der Waals surface area contributed by atoms with Crippen LogP contribution in [-0.4, -0.2) is 32.5 Å². The van der Waals surface area contributed by atoms with E-state index in [2.05, 4.69) is 52.0 Å². The molecule has 4 rings (SSSR count). The van der Waals surface area contributed by atoms with Gasteiger partial charge in [-0.05, 0) is 66.2 Å². The van der Waals surface area contributed by atoms with Gasteiger partial charge in [0, 0.05) is 22.9 Å². The predicted octanol–water partition coefficient (Wildman–Crippen LogP) is 5.48. The van der Waals surface area contributed by atoms with Gasteiger partial charge in [-0.15, -0.1) is 5.10 Å². The van der Waals surface area contributed by atoms with Gasteiger partial charge in [-0.2, -0.15) is 4.68 Å². The molecule has 0 atom stereocenters. The first-order chi connectivity index (χ1) is 16.2. The van der Waals surface area contributed by atoms with Gasteiger partial charge in [-0.3, -0.25) is 0 Å². The van der Waals surface area contributed by atoms with Crippen molar-refractivity contribution >= 4 is 23.4 Å². The summed E-state index contributed by atoms with van der Waals surface area (Å²) in [6, 6.07) is 24.0. The fraction of sp³-hybridized carbons (Fsp3) is 0.240. The van der Waals surface area contributed by atoms with Crippen LogP contribution in [0.5, 0.6) is 5.75 Å². The number of nitrogens with one attached hydrogen (secondary N) is 1. The van der Waals surface area contributed by atoms with Crippen LogP contribution in [0, 0.1) is 6.92 Å². The molecule has 0 aliphatic heterocycles. The topological polar surface area (TPSA) is 64.9 Å². The van der Waals surface area contributed by atoms with Crippen LogP contribution in [-0.2, 0) is 13.2 Å². The molecule has 0 saturated carbocycles. The summed E-state index contributed by atoms with van der Waals surface area (Å²) in [5.74, 6) is 1.76. The first-order valence-electron chi connectivity index (χ1n) is 10.8. The van der Waals surface area contributed by atoms with Crippen molar-refractivity contribution in [3.8, 4) is 11.4 Å². The molecule has 0 amide bonds. The molecule has 0 fully saturated rings. The quantitative estimate of drug-likeness (QED) is 0.227. The van der Waals surface area contributed by atoms with Crippen molar-refractivity contribution in [3.05, 3.63) is 94.5 Å². The van der Waals surface area contributed by atoms with Crippen molar-refractivity contribution in [3.63, 3.8) is 0 Å². The first-order valence-corrected chi connectivity index (χ1v) is 12.2. The van der Waals surface area contributed by atoms with E-state index in [4.69, 9.17) is 16.3 Å². The Morgan fingerprint density at radius 3 is 2.76 bits per heavy atom. The van der Waals surface area contributed by atoms with E-state index < -0.39 is 0 Å². The molecule has 0 aliphatic carbocycles. The fourth-order valence-corrected chi connectivity index (χ4v) is 4.40. The second-order valence-corrected chi connectivity index (χ2v) is 9.12. The van der Waals surface area contributed by atoms with Gasteiger partial charge in [-0.25, -0.2) is 0 Å². The van der Waals surface area contributed by atoms with E-state index in [-0.39, 0.29) is 0 Å². The molecule has 0 aliphatic rings. The minimum absolute atomic E-state index is 0.531. The maximum atomic E-state index is 6.23. The van der Waals surface area contributed by atoms with Gasteiger partial charge in [0.1, 0.15) is 12.4 Å². The molecule has 33 heavy (non-hydrogen) atoms. The van der Waals surface area contributed by atoms with Crippen molar-refractivity contribution in [2.24, 2.45) is 0 Å². The number of aromatic nitrogens is 4. The molecule has 0 radical (unpaired) electrons. The number of tetrazole rings is 1. The fourth-order valence-electron chi connectivity index (χ4n) is 3.37. The number of nitrogens with zero attached hydrogens (tertiary/aromatic N) is 4. The normalized spacial score (nSPS) is 11.0. The van der Waals surface area contributed by atoms with Crippen molar-refractivity contribution in [2.75, 3.05) is 12.3 Å². The van der Waals surface area contributed by atoms with Gasteiger partial charge in [0.25, 0.3) is 0 Å². The molecule has 0 unspecified atom stereocenters. The van der Waals surface area contributed by atoms with Gasteiger partial charge in [-0.1, -0.05) is 71.4 Å². The van der Waals surface area contributed by atoms with E-state index in [1.54, 1.807) is 16.4 Å². The van der Waals surface area contributed by atoms with Gasteiger partial charge >= 0.3 is 0 Å². The maximum absolute atomic E-state index is 6.23. The summed E-state index contributed by atoms with van der Waals surface area (Å²) in [6.45, 7) is 4.17. The highest BCUT2D eigenvalue weighted by molar-refractivity contribution is 7.99. The lowest BCUT2D eigenvalue weighted by atomic mass is 10.1. The summed E-state index contributed by atoms with van der Waals surface area (Å²) in [5, 5.41) is 17.0. The number of thioether (sulfide) groups is 1. The number of hydrogen-bond acceptors (Lipinski definition) is 6. The lowest BCUT2D eigenvalue weighted by molar-refractivity contribution is 0.302. The average Bonchev–Trinajstić information content (AvgIpc) is 3.30. The van der Waals surface area contributed by atoms with Crippen LogP contribution in [0.2, 0.25) is 5.02 Å². The lowest BCUT2D eigenvalue weighted by Crippen LogP contribution is -2.16. The number of rotatable bonds is 11. The van der Waals surface area contributed by atoms with Crippen molar-refractivity contribution in [2.45, 2.75) is 31.7 Å². The lowest BCUT2D eigenvalue weighted by Gasteiger charge is -2.13. The summed E-state index contributed by atoms with van der Waals surface area (Å²) in [6.07, 6.45) is 0.979. The molecule has 1 heterocycles. The Balaban J connectivity index is 1.24. The highest BCUT2D eigenvalue weighted by Gasteiger charge is 2.09. The molecule has 4 aromatic rings. The molecular formula is C25H26ClN5OS. The van der Waals surface area contributed by atoms with Crippen LogP contribution in [0.4, 0.5) is 0 Å². The monoisotopic (exact) mass is 479 g/mol. The molecule has 1 aromatic heterocycles. The molecule has 0 saturated heterocycles. The summed E-state index contributed by atoms with van der Waals surface area (Å²) in [4.78, 5) is 0. The standard InChI is InChI=1S/C25H26ClN5OS/c1-19-7-5-8-20(15-19)18-32-24-12-11-22(26)16-21(24)17-27-13-6-14-33-25-28-29-30-31(25)23-9-3-2-4-10-23/h2-5,7-12,15-16,27H,6,13-14,17-18H2,1H3. The number of hydrogen-bond donors (Lipinski definition) is 1. The Bertz CT molecular complexity index is 1170. The summed E-state index contributed by atoms with van der Waals surface area (Å²) in [7, 11) is 0. The summed E-state index contributed by atoms with van der Waals surface area (Å²) in [5.41, 5.74) is 4.39. The van der Waals surface area contributed by atoms with Crippen LogP contribution in [0.3, 0.4) is 0 Å². The number of halogens is 1. The Morgan fingerprint density at radius 1 is 1.03 bits per heavy atom. The molecule has 3 aromatic carbocycles. The third kappa shape index (κ3) is 6.81. The summed E-state index contributed by atoms with van der Waals surface area (Å²) < 4.78 is 7.85. The second kappa shape index (κ2) is 11.8. The van der Waals surface area contributed by atoms with Gasteiger partial charge in [0.2, 0.25) is 5.16 Å². The SMILES string of the molecule is Cc1cccc(COc2ccc(Cl)cc2CNCCCSc2nnnn2-c2ccccc2)c1. The van der Waals surface area contributed by atoms with Crippen LogP contribution in [0.15, 0.2) is 78.0 Å². The molecule has 0 spiro atoms. The second-order valence-electron chi connectivity index (χ2n) is 7.62. The molecule has 6 nitrogen and oxygen atoms in total. The minimum Gasteiger partial charge on any atom is -0.489 e. The highest BCUT2D eigenvalue weighted by Crippen LogP contribution is 2.24. The Morgan fingerprint density at radius 2 is 1.91 bits per heavy atom. The van der Waals surface area contributed by atoms with E-state index in [1.165, 1.54) is 5.56 Å². The van der Waals surface area contributed by atoms with E-state index in [1.807, 2.05) is 48.5 Å².